The highest BCUT2D eigenvalue weighted by Crippen LogP contribution is 2.19. The molecular weight excluding hydrogens is 198 g/mol. The Bertz CT molecular complexity index is 309. The Labute approximate surface area is 99.2 Å². The van der Waals surface area contributed by atoms with Gasteiger partial charge in [0.1, 0.15) is 0 Å². The normalized spacial score (nSPS) is 14.1. The van der Waals surface area contributed by atoms with Gasteiger partial charge in [-0.1, -0.05) is 27.7 Å². The Morgan fingerprint density at radius 3 is 2.69 bits per heavy atom. The van der Waals surface area contributed by atoms with E-state index in [0.29, 0.717) is 11.5 Å². The summed E-state index contributed by atoms with van der Waals surface area (Å²) in [5, 5.41) is 7.79. The van der Waals surface area contributed by atoms with Crippen LogP contribution in [0.25, 0.3) is 0 Å². The van der Waals surface area contributed by atoms with E-state index in [9.17, 15) is 0 Å². The molecule has 16 heavy (non-hydrogen) atoms. The molecule has 1 heterocycles. The monoisotopic (exact) mass is 223 g/mol. The van der Waals surface area contributed by atoms with Crippen molar-refractivity contribution in [3.63, 3.8) is 0 Å². The third-order valence-corrected chi connectivity index (χ3v) is 2.75. The Hall–Kier alpha value is -0.830. The number of hydrogen-bond donors (Lipinski definition) is 1. The Balaban J connectivity index is 2.51. The van der Waals surface area contributed by atoms with Crippen LogP contribution in [-0.4, -0.2) is 16.3 Å². The molecule has 0 spiro atoms. The van der Waals surface area contributed by atoms with Crippen molar-refractivity contribution in [3.8, 4) is 0 Å². The molecule has 3 nitrogen and oxygen atoms in total. The van der Waals surface area contributed by atoms with Gasteiger partial charge in [-0.3, -0.25) is 4.68 Å². The predicted octanol–water partition coefficient (Wildman–Crippen LogP) is 2.99. The standard InChI is InChI=1S/C13H25N3/c1-6-14-11(2)12-9-15-16(10-12)8-7-13(3,4)5/h9-11,14H,6-8H2,1-5H3. The number of rotatable bonds is 5. The first-order valence-electron chi connectivity index (χ1n) is 6.18. The van der Waals surface area contributed by atoms with Gasteiger partial charge in [-0.15, -0.1) is 0 Å². The van der Waals surface area contributed by atoms with Gasteiger partial charge in [0.05, 0.1) is 6.20 Å². The highest BCUT2D eigenvalue weighted by atomic mass is 15.3. The van der Waals surface area contributed by atoms with Crippen LogP contribution in [0.15, 0.2) is 12.4 Å². The summed E-state index contributed by atoms with van der Waals surface area (Å²) >= 11 is 0. The van der Waals surface area contributed by atoms with Crippen molar-refractivity contribution in [1.82, 2.24) is 15.1 Å². The molecule has 0 radical (unpaired) electrons. The predicted molar refractivity (Wildman–Crippen MR) is 68.4 cm³/mol. The quantitative estimate of drug-likeness (QED) is 0.831. The molecule has 1 N–H and O–H groups in total. The largest absolute Gasteiger partial charge is 0.310 e. The number of nitrogens with zero attached hydrogens (tertiary/aromatic N) is 2. The second-order valence-electron chi connectivity index (χ2n) is 5.63. The molecule has 1 aromatic rings. The van der Waals surface area contributed by atoms with Gasteiger partial charge in [0.25, 0.3) is 0 Å². The summed E-state index contributed by atoms with van der Waals surface area (Å²) in [6.07, 6.45) is 5.28. The van der Waals surface area contributed by atoms with Crippen LogP contribution < -0.4 is 5.32 Å². The molecule has 1 atom stereocenters. The second-order valence-corrected chi connectivity index (χ2v) is 5.63. The van der Waals surface area contributed by atoms with Crippen LogP contribution >= 0.6 is 0 Å². The summed E-state index contributed by atoms with van der Waals surface area (Å²) < 4.78 is 2.05. The van der Waals surface area contributed by atoms with Crippen LogP contribution in [-0.2, 0) is 6.54 Å². The zero-order valence-electron chi connectivity index (χ0n) is 11.2. The van der Waals surface area contributed by atoms with E-state index in [1.807, 2.05) is 6.20 Å². The summed E-state index contributed by atoms with van der Waals surface area (Å²) in [6, 6.07) is 0.397. The average molecular weight is 223 g/mol. The van der Waals surface area contributed by atoms with Crippen molar-refractivity contribution in [1.29, 1.82) is 0 Å². The number of aryl methyl sites for hydroxylation is 1. The van der Waals surface area contributed by atoms with E-state index in [2.05, 4.69) is 55.9 Å². The van der Waals surface area contributed by atoms with Gasteiger partial charge in [-0.2, -0.15) is 5.10 Å². The van der Waals surface area contributed by atoms with Crippen molar-refractivity contribution in [2.75, 3.05) is 6.54 Å². The molecule has 3 heteroatoms. The van der Waals surface area contributed by atoms with E-state index in [1.54, 1.807) is 0 Å². The third kappa shape index (κ3) is 4.35. The van der Waals surface area contributed by atoms with Gasteiger partial charge in [0.15, 0.2) is 0 Å². The van der Waals surface area contributed by atoms with Crippen LogP contribution in [0.2, 0.25) is 0 Å². The van der Waals surface area contributed by atoms with E-state index in [1.165, 1.54) is 5.56 Å². The minimum absolute atomic E-state index is 0.374. The minimum atomic E-state index is 0.374. The third-order valence-electron chi connectivity index (χ3n) is 2.75. The lowest BCUT2D eigenvalue weighted by Gasteiger charge is -2.17. The molecule has 0 saturated heterocycles. The summed E-state index contributed by atoms with van der Waals surface area (Å²) in [7, 11) is 0. The van der Waals surface area contributed by atoms with E-state index >= 15 is 0 Å². The van der Waals surface area contributed by atoms with Gasteiger partial charge in [-0.25, -0.2) is 0 Å². The van der Waals surface area contributed by atoms with Crippen LogP contribution in [0, 0.1) is 5.41 Å². The highest BCUT2D eigenvalue weighted by Gasteiger charge is 2.11. The fraction of sp³-hybridized carbons (Fsp3) is 0.769. The van der Waals surface area contributed by atoms with Crippen molar-refractivity contribution in [3.05, 3.63) is 18.0 Å². The van der Waals surface area contributed by atoms with Gasteiger partial charge in [0.2, 0.25) is 0 Å². The van der Waals surface area contributed by atoms with Crippen molar-refractivity contribution in [2.45, 2.75) is 53.6 Å². The van der Waals surface area contributed by atoms with Crippen molar-refractivity contribution < 1.29 is 0 Å². The van der Waals surface area contributed by atoms with Crippen LogP contribution in [0.3, 0.4) is 0 Å². The first-order chi connectivity index (χ1) is 7.42. The number of aromatic nitrogens is 2. The molecule has 1 aromatic heterocycles. The first-order valence-corrected chi connectivity index (χ1v) is 6.18. The van der Waals surface area contributed by atoms with Gasteiger partial charge >= 0.3 is 0 Å². The van der Waals surface area contributed by atoms with Crippen molar-refractivity contribution in [2.24, 2.45) is 5.41 Å². The fourth-order valence-electron chi connectivity index (χ4n) is 1.60. The summed E-state index contributed by atoms with van der Waals surface area (Å²) in [4.78, 5) is 0. The molecule has 0 saturated carbocycles. The molecule has 0 aliphatic heterocycles. The summed E-state index contributed by atoms with van der Waals surface area (Å²) in [6.45, 7) is 13.1. The van der Waals surface area contributed by atoms with Crippen molar-refractivity contribution >= 4 is 0 Å². The molecular formula is C13H25N3. The van der Waals surface area contributed by atoms with Crippen LogP contribution in [0.4, 0.5) is 0 Å². The highest BCUT2D eigenvalue weighted by molar-refractivity contribution is 5.09. The first kappa shape index (κ1) is 13.2. The lowest BCUT2D eigenvalue weighted by molar-refractivity contribution is 0.341. The van der Waals surface area contributed by atoms with Gasteiger partial charge in [-0.05, 0) is 25.3 Å². The maximum atomic E-state index is 4.40. The zero-order chi connectivity index (χ0) is 12.2. The number of nitrogens with one attached hydrogen (secondary N) is 1. The summed E-state index contributed by atoms with van der Waals surface area (Å²) in [5.41, 5.74) is 1.65. The molecule has 0 aromatic carbocycles. The smallest absolute Gasteiger partial charge is 0.0537 e. The topological polar surface area (TPSA) is 29.9 Å². The van der Waals surface area contributed by atoms with Crippen LogP contribution in [0.5, 0.6) is 0 Å². The fourth-order valence-corrected chi connectivity index (χ4v) is 1.60. The molecule has 92 valence electrons. The Morgan fingerprint density at radius 2 is 2.12 bits per heavy atom. The molecule has 1 unspecified atom stereocenters. The zero-order valence-corrected chi connectivity index (χ0v) is 11.2. The molecule has 1 rings (SSSR count). The molecule has 0 aliphatic rings. The van der Waals surface area contributed by atoms with E-state index < -0.39 is 0 Å². The lowest BCUT2D eigenvalue weighted by Crippen LogP contribution is -2.17. The maximum absolute atomic E-state index is 4.40. The number of hydrogen-bond acceptors (Lipinski definition) is 2. The second kappa shape index (κ2) is 5.48. The van der Waals surface area contributed by atoms with Gasteiger partial charge in [0, 0.05) is 24.3 Å². The SMILES string of the molecule is CCNC(C)c1cnn(CCC(C)(C)C)c1. The molecule has 0 bridgehead atoms. The minimum Gasteiger partial charge on any atom is -0.310 e. The maximum Gasteiger partial charge on any atom is 0.0537 e. The van der Waals surface area contributed by atoms with E-state index in [0.717, 1.165) is 19.5 Å². The Morgan fingerprint density at radius 1 is 1.44 bits per heavy atom. The van der Waals surface area contributed by atoms with Crippen LogP contribution in [0.1, 0.15) is 52.6 Å². The molecule has 0 aliphatic carbocycles. The van der Waals surface area contributed by atoms with E-state index in [-0.39, 0.29) is 0 Å². The Kier molecular flexibility index (Phi) is 4.54. The summed E-state index contributed by atoms with van der Waals surface area (Å²) in [5.74, 6) is 0. The van der Waals surface area contributed by atoms with Gasteiger partial charge < -0.3 is 5.32 Å². The average Bonchev–Trinajstić information content (AvgIpc) is 2.62. The molecule has 0 fully saturated rings. The molecule has 0 amide bonds. The van der Waals surface area contributed by atoms with E-state index in [4.69, 9.17) is 0 Å². The lowest BCUT2D eigenvalue weighted by atomic mass is 9.92.